The lowest BCUT2D eigenvalue weighted by Gasteiger charge is -2.43. The molecule has 0 unspecified atom stereocenters. The zero-order chi connectivity index (χ0) is 15.1. The second-order valence-electron chi connectivity index (χ2n) is 5.02. The van der Waals surface area contributed by atoms with Crippen molar-refractivity contribution in [2.45, 2.75) is 23.7 Å². The van der Waals surface area contributed by atoms with Crippen molar-refractivity contribution in [1.29, 1.82) is 0 Å². The molecule has 7 nitrogen and oxygen atoms in total. The van der Waals surface area contributed by atoms with Crippen LogP contribution in [0.15, 0.2) is 9.93 Å². The number of hydrogen-bond acceptors (Lipinski definition) is 7. The van der Waals surface area contributed by atoms with Crippen LogP contribution in [-0.2, 0) is 19.1 Å². The summed E-state index contributed by atoms with van der Waals surface area (Å²) in [4.78, 5) is 24.8. The van der Waals surface area contributed by atoms with Gasteiger partial charge >= 0.3 is 5.97 Å². The van der Waals surface area contributed by atoms with Crippen molar-refractivity contribution >= 4 is 35.4 Å². The summed E-state index contributed by atoms with van der Waals surface area (Å²) in [6.07, 6.45) is -0.785. The lowest BCUT2D eigenvalue weighted by molar-refractivity contribution is -0.156. The largest absolute Gasteiger partial charge is 0.477 e. The molecule has 3 rings (SSSR count). The summed E-state index contributed by atoms with van der Waals surface area (Å²) in [7, 11) is 0. The average Bonchev–Trinajstić information content (AvgIpc) is 2.74. The summed E-state index contributed by atoms with van der Waals surface area (Å²) in [5.41, 5.74) is 0.0162. The Balaban J connectivity index is 1.79. The third-order valence-electron chi connectivity index (χ3n) is 3.52. The first-order valence-corrected chi connectivity index (χ1v) is 8.24. The van der Waals surface area contributed by atoms with E-state index in [1.165, 1.54) is 28.4 Å². The number of nitrogens with zero attached hydrogens (tertiary/aromatic N) is 1. The van der Waals surface area contributed by atoms with Crippen LogP contribution in [0.1, 0.15) is 6.92 Å². The van der Waals surface area contributed by atoms with E-state index in [9.17, 15) is 19.8 Å². The fourth-order valence-electron chi connectivity index (χ4n) is 2.52. The van der Waals surface area contributed by atoms with Gasteiger partial charge in [0.25, 0.3) is 0 Å². The highest BCUT2D eigenvalue weighted by Gasteiger charge is 2.57. The van der Waals surface area contributed by atoms with Gasteiger partial charge in [0.2, 0.25) is 5.91 Å². The van der Waals surface area contributed by atoms with Crippen molar-refractivity contribution < 1.29 is 29.3 Å². The van der Waals surface area contributed by atoms with Gasteiger partial charge in [-0.25, -0.2) is 4.79 Å². The Labute approximate surface area is 129 Å². The smallest absolute Gasteiger partial charge is 0.354 e. The van der Waals surface area contributed by atoms with Gasteiger partial charge in [-0.3, -0.25) is 9.69 Å². The van der Waals surface area contributed by atoms with E-state index in [0.29, 0.717) is 17.5 Å². The number of ether oxygens (including phenoxy) is 2. The normalized spacial score (nSPS) is 31.1. The van der Waals surface area contributed by atoms with Gasteiger partial charge in [0.15, 0.2) is 5.70 Å². The topological polar surface area (TPSA) is 96.3 Å². The summed E-state index contributed by atoms with van der Waals surface area (Å²) in [6.45, 7) is 2.78. The standard InChI is InChI=1S/C12H15NO6S2/c1-5(14)7-9(15)13-8(11(16)17)12(21-10(7)13)20-6-2-18-4-19-3-6/h5-7,10,14H,2-4H2,1H3,(H,16,17)/t5-,7+,10-/m1/s1. The summed E-state index contributed by atoms with van der Waals surface area (Å²) in [5.74, 6) is -1.99. The van der Waals surface area contributed by atoms with Crippen molar-refractivity contribution in [2.75, 3.05) is 20.0 Å². The fraction of sp³-hybridized carbons (Fsp3) is 0.667. The minimum absolute atomic E-state index is 0.00871. The van der Waals surface area contributed by atoms with E-state index in [1.807, 2.05) is 0 Å². The number of fused-ring (bicyclic) bond motifs is 1. The molecule has 0 radical (unpaired) electrons. The first-order valence-electron chi connectivity index (χ1n) is 6.48. The van der Waals surface area contributed by atoms with Crippen LogP contribution < -0.4 is 0 Å². The molecule has 9 heteroatoms. The fourth-order valence-corrected chi connectivity index (χ4v) is 5.69. The lowest BCUT2D eigenvalue weighted by atomic mass is 9.92. The Hall–Kier alpha value is -0.740. The number of carboxylic acids is 1. The number of carboxylic acid groups (broad SMARTS) is 1. The SMILES string of the molecule is C[C@@H](O)[C@H]1C(=O)N2C(C(=O)O)=C(SC3COCOC3)S[C@H]12. The lowest BCUT2D eigenvalue weighted by Crippen LogP contribution is -2.60. The number of carbonyl (C=O) groups excluding carboxylic acids is 1. The molecule has 21 heavy (non-hydrogen) atoms. The van der Waals surface area contributed by atoms with E-state index < -0.39 is 18.0 Å². The van der Waals surface area contributed by atoms with Crippen LogP contribution in [0.2, 0.25) is 0 Å². The molecular weight excluding hydrogens is 318 g/mol. The van der Waals surface area contributed by atoms with Gasteiger partial charge in [-0.1, -0.05) is 11.8 Å². The minimum atomic E-state index is -1.12. The maximum absolute atomic E-state index is 12.0. The number of rotatable bonds is 4. The van der Waals surface area contributed by atoms with Crippen molar-refractivity contribution in [2.24, 2.45) is 5.92 Å². The van der Waals surface area contributed by atoms with Crippen molar-refractivity contribution in [3.63, 3.8) is 0 Å². The van der Waals surface area contributed by atoms with Gasteiger partial charge in [-0.2, -0.15) is 0 Å². The van der Waals surface area contributed by atoms with Crippen LogP contribution in [0.4, 0.5) is 0 Å². The average molecular weight is 333 g/mol. The number of aliphatic hydroxyl groups is 1. The molecule has 0 aromatic carbocycles. The molecule has 116 valence electrons. The number of aliphatic hydroxyl groups excluding tert-OH is 1. The Bertz CT molecular complexity index is 502. The Kier molecular flexibility index (Phi) is 4.19. The molecular formula is C12H15NO6S2. The molecule has 2 fully saturated rings. The predicted octanol–water partition coefficient (Wildman–Crippen LogP) is 0.258. The molecule has 3 heterocycles. The van der Waals surface area contributed by atoms with Crippen molar-refractivity contribution in [3.05, 3.63) is 9.93 Å². The first kappa shape index (κ1) is 15.2. The number of aliphatic carboxylic acids is 1. The first-order chi connectivity index (χ1) is 10.0. The summed E-state index contributed by atoms with van der Waals surface area (Å²) >= 11 is 2.69. The van der Waals surface area contributed by atoms with Crippen LogP contribution >= 0.6 is 23.5 Å². The van der Waals surface area contributed by atoms with Crippen LogP contribution in [0.5, 0.6) is 0 Å². The summed E-state index contributed by atoms with van der Waals surface area (Å²) < 4.78 is 11.0. The van der Waals surface area contributed by atoms with Gasteiger partial charge < -0.3 is 19.7 Å². The molecule has 0 aromatic rings. The van der Waals surface area contributed by atoms with Crippen LogP contribution in [0.25, 0.3) is 0 Å². The number of amides is 1. The minimum Gasteiger partial charge on any atom is -0.477 e. The molecule has 0 spiro atoms. The van der Waals surface area contributed by atoms with Crippen molar-refractivity contribution in [1.82, 2.24) is 4.90 Å². The third-order valence-corrected chi connectivity index (χ3v) is 6.26. The second kappa shape index (κ2) is 5.81. The number of hydrogen-bond donors (Lipinski definition) is 2. The van der Waals surface area contributed by atoms with Gasteiger partial charge in [-0.05, 0) is 6.92 Å². The Morgan fingerprint density at radius 1 is 1.48 bits per heavy atom. The predicted molar refractivity (Wildman–Crippen MR) is 76.2 cm³/mol. The van der Waals surface area contributed by atoms with Crippen LogP contribution in [0, 0.1) is 5.92 Å². The maximum Gasteiger partial charge on any atom is 0.354 e. The number of carbonyl (C=O) groups is 2. The molecule has 0 saturated carbocycles. The van der Waals surface area contributed by atoms with E-state index in [2.05, 4.69) is 0 Å². The highest BCUT2D eigenvalue weighted by molar-refractivity contribution is 8.23. The molecule has 2 saturated heterocycles. The monoisotopic (exact) mass is 333 g/mol. The van der Waals surface area contributed by atoms with Crippen LogP contribution in [0.3, 0.4) is 0 Å². The number of β-lactam (4-membered cyclic amide) rings is 1. The van der Waals surface area contributed by atoms with Gasteiger partial charge in [0, 0.05) is 0 Å². The third kappa shape index (κ3) is 2.57. The maximum atomic E-state index is 12.0. The Morgan fingerprint density at radius 3 is 2.71 bits per heavy atom. The number of thioether (sulfide) groups is 2. The molecule has 3 aliphatic heterocycles. The van der Waals surface area contributed by atoms with Crippen LogP contribution in [-0.4, -0.2) is 63.7 Å². The highest BCUT2D eigenvalue weighted by Crippen LogP contribution is 2.54. The van der Waals surface area contributed by atoms with E-state index >= 15 is 0 Å². The molecule has 0 aromatic heterocycles. The highest BCUT2D eigenvalue weighted by atomic mass is 32.2. The molecule has 0 aliphatic carbocycles. The Morgan fingerprint density at radius 2 is 2.14 bits per heavy atom. The summed E-state index contributed by atoms with van der Waals surface area (Å²) in [6, 6.07) is 0. The van der Waals surface area contributed by atoms with E-state index in [1.54, 1.807) is 6.92 Å². The second-order valence-corrected chi connectivity index (χ2v) is 7.72. The van der Waals surface area contributed by atoms with E-state index in [-0.39, 0.29) is 29.0 Å². The zero-order valence-corrected chi connectivity index (χ0v) is 12.9. The molecule has 0 bridgehead atoms. The molecule has 3 aliphatic rings. The van der Waals surface area contributed by atoms with Gasteiger partial charge in [-0.15, -0.1) is 11.8 Å². The van der Waals surface area contributed by atoms with E-state index in [4.69, 9.17) is 9.47 Å². The van der Waals surface area contributed by atoms with Crippen molar-refractivity contribution in [3.8, 4) is 0 Å². The summed E-state index contributed by atoms with van der Waals surface area (Å²) in [5, 5.41) is 18.7. The molecule has 1 amide bonds. The van der Waals surface area contributed by atoms with Gasteiger partial charge in [0.1, 0.15) is 12.2 Å². The van der Waals surface area contributed by atoms with Gasteiger partial charge in [0.05, 0.1) is 34.7 Å². The zero-order valence-electron chi connectivity index (χ0n) is 11.2. The molecule has 2 N–H and O–H groups in total. The molecule has 3 atom stereocenters. The quantitative estimate of drug-likeness (QED) is 0.707. The van der Waals surface area contributed by atoms with E-state index in [0.717, 1.165) is 0 Å².